The number of carbonyl (C=O) groups is 1. The van der Waals surface area contributed by atoms with Gasteiger partial charge in [-0.2, -0.15) is 13.2 Å². The molecule has 2 atom stereocenters. The lowest BCUT2D eigenvalue weighted by atomic mass is 9.81. The average Bonchev–Trinajstić information content (AvgIpc) is 2.52. The Balaban J connectivity index is 2.59. The fraction of sp³-hybridized carbons (Fsp3) is 0.250. The number of aromatic carboxylic acids is 1. The lowest BCUT2D eigenvalue weighted by Gasteiger charge is -2.29. The van der Waals surface area contributed by atoms with Gasteiger partial charge < -0.3 is 10.2 Å². The molecule has 0 radical (unpaired) electrons. The summed E-state index contributed by atoms with van der Waals surface area (Å²) in [6.07, 6.45) is -3.87. The molecule has 1 aromatic heterocycles. The first-order valence-electron chi connectivity index (χ1n) is 6.97. The number of aliphatic hydroxyl groups is 1. The molecule has 0 amide bonds. The molecule has 0 saturated heterocycles. The number of rotatable bonds is 5. The Kier molecular flexibility index (Phi) is 5.64. The molecule has 0 aliphatic rings. The topological polar surface area (TPSA) is 70.4 Å². The lowest BCUT2D eigenvalue weighted by Crippen LogP contribution is -2.29. The first kappa shape index (κ1) is 19.1. The van der Waals surface area contributed by atoms with Crippen molar-refractivity contribution in [1.82, 2.24) is 4.98 Å². The van der Waals surface area contributed by atoms with Crippen LogP contribution in [0.25, 0.3) is 0 Å². The molecule has 0 aliphatic heterocycles. The number of nitrogens with zero attached hydrogens (tertiary/aromatic N) is 1. The van der Waals surface area contributed by atoms with Gasteiger partial charge in [-0.05, 0) is 35.4 Å². The summed E-state index contributed by atoms with van der Waals surface area (Å²) < 4.78 is 54.2. The van der Waals surface area contributed by atoms with Crippen LogP contribution in [0.5, 0.6) is 0 Å². The molecule has 0 saturated carbocycles. The van der Waals surface area contributed by atoms with Crippen LogP contribution in [0.2, 0.25) is 5.02 Å². The summed E-state index contributed by atoms with van der Waals surface area (Å²) in [5.41, 5.74) is -1.05. The SMILES string of the molecule is O=C(O)c1cc(C(C(CO)c2ccc(F)cc2Cl)C(F)(F)F)ccn1. The minimum atomic E-state index is -4.82. The molecule has 9 heteroatoms. The van der Waals surface area contributed by atoms with Gasteiger partial charge in [0.25, 0.3) is 0 Å². The van der Waals surface area contributed by atoms with Crippen LogP contribution < -0.4 is 0 Å². The van der Waals surface area contributed by atoms with Crippen molar-refractivity contribution in [2.75, 3.05) is 6.61 Å². The monoisotopic (exact) mass is 377 g/mol. The molecule has 2 unspecified atom stereocenters. The van der Waals surface area contributed by atoms with E-state index in [4.69, 9.17) is 16.7 Å². The number of carboxylic acids is 1. The van der Waals surface area contributed by atoms with Gasteiger partial charge in [-0.1, -0.05) is 17.7 Å². The molecule has 134 valence electrons. The van der Waals surface area contributed by atoms with Crippen LogP contribution in [0.3, 0.4) is 0 Å². The summed E-state index contributed by atoms with van der Waals surface area (Å²) >= 11 is 5.84. The molecule has 2 aromatic rings. The van der Waals surface area contributed by atoms with Gasteiger partial charge in [-0.25, -0.2) is 14.2 Å². The molecule has 0 fully saturated rings. The first-order chi connectivity index (χ1) is 11.6. The van der Waals surface area contributed by atoms with Crippen molar-refractivity contribution in [3.63, 3.8) is 0 Å². The van der Waals surface area contributed by atoms with Crippen molar-refractivity contribution in [3.8, 4) is 0 Å². The van der Waals surface area contributed by atoms with Crippen molar-refractivity contribution in [2.24, 2.45) is 0 Å². The van der Waals surface area contributed by atoms with Gasteiger partial charge in [0.2, 0.25) is 0 Å². The molecular formula is C16H12ClF4NO3. The summed E-state index contributed by atoms with van der Waals surface area (Å²) in [5, 5.41) is 18.2. The van der Waals surface area contributed by atoms with Crippen molar-refractivity contribution in [3.05, 3.63) is 64.2 Å². The largest absolute Gasteiger partial charge is 0.477 e. The second-order valence-electron chi connectivity index (χ2n) is 5.25. The fourth-order valence-corrected chi connectivity index (χ4v) is 2.90. The first-order valence-corrected chi connectivity index (χ1v) is 7.34. The minimum Gasteiger partial charge on any atom is -0.477 e. The number of aromatic nitrogens is 1. The van der Waals surface area contributed by atoms with E-state index in [0.29, 0.717) is 0 Å². The standard InChI is InChI=1S/C16H12ClF4NO3/c17-12-6-9(18)1-2-10(12)11(7-23)14(16(19,20)21)8-3-4-22-13(5-8)15(24)25/h1-6,11,14,23H,7H2,(H,24,25). The zero-order chi connectivity index (χ0) is 18.8. The van der Waals surface area contributed by atoms with Crippen LogP contribution in [-0.4, -0.2) is 33.9 Å². The Morgan fingerprint density at radius 3 is 2.44 bits per heavy atom. The number of benzene rings is 1. The van der Waals surface area contributed by atoms with Crippen LogP contribution in [0.15, 0.2) is 36.5 Å². The van der Waals surface area contributed by atoms with Crippen LogP contribution in [0, 0.1) is 5.82 Å². The number of halogens is 5. The van der Waals surface area contributed by atoms with Crippen LogP contribution in [-0.2, 0) is 0 Å². The zero-order valence-corrected chi connectivity index (χ0v) is 13.2. The fourth-order valence-electron chi connectivity index (χ4n) is 2.59. The molecule has 4 nitrogen and oxygen atoms in total. The Labute approximate surface area is 144 Å². The van der Waals surface area contributed by atoms with Crippen LogP contribution in [0.4, 0.5) is 17.6 Å². The summed E-state index contributed by atoms with van der Waals surface area (Å²) in [4.78, 5) is 14.5. The van der Waals surface area contributed by atoms with Gasteiger partial charge in [0.15, 0.2) is 0 Å². The maximum absolute atomic E-state index is 13.7. The van der Waals surface area contributed by atoms with Crippen LogP contribution >= 0.6 is 11.6 Å². The average molecular weight is 378 g/mol. The third-order valence-corrected chi connectivity index (χ3v) is 4.00. The van der Waals surface area contributed by atoms with E-state index < -0.39 is 42.1 Å². The van der Waals surface area contributed by atoms with E-state index in [1.165, 1.54) is 0 Å². The second-order valence-corrected chi connectivity index (χ2v) is 5.66. The molecule has 2 N–H and O–H groups in total. The van der Waals surface area contributed by atoms with Crippen molar-refractivity contribution in [2.45, 2.75) is 18.0 Å². The molecule has 0 spiro atoms. The zero-order valence-electron chi connectivity index (χ0n) is 12.5. The van der Waals surface area contributed by atoms with Gasteiger partial charge in [0.05, 0.1) is 12.5 Å². The van der Waals surface area contributed by atoms with Gasteiger partial charge in [-0.15, -0.1) is 0 Å². The van der Waals surface area contributed by atoms with E-state index in [2.05, 4.69) is 4.98 Å². The number of alkyl halides is 3. The number of pyridine rings is 1. The molecule has 25 heavy (non-hydrogen) atoms. The van der Waals surface area contributed by atoms with Crippen molar-refractivity contribution in [1.29, 1.82) is 0 Å². The highest BCUT2D eigenvalue weighted by Gasteiger charge is 2.46. The smallest absolute Gasteiger partial charge is 0.396 e. The summed E-state index contributed by atoms with van der Waals surface area (Å²) in [5.74, 6) is -6.01. The Morgan fingerprint density at radius 2 is 1.92 bits per heavy atom. The van der Waals surface area contributed by atoms with E-state index in [0.717, 1.165) is 36.5 Å². The number of hydrogen-bond acceptors (Lipinski definition) is 3. The van der Waals surface area contributed by atoms with Crippen molar-refractivity contribution >= 4 is 17.6 Å². The summed E-state index contributed by atoms with van der Waals surface area (Å²) in [6.45, 7) is -0.930. The highest BCUT2D eigenvalue weighted by Crippen LogP contribution is 2.46. The van der Waals surface area contributed by atoms with E-state index in [9.17, 15) is 27.5 Å². The Bertz CT molecular complexity index is 782. The number of carboxylic acid groups (broad SMARTS) is 1. The summed E-state index contributed by atoms with van der Waals surface area (Å²) in [6, 6.07) is 4.66. The molecule has 1 heterocycles. The van der Waals surface area contributed by atoms with Gasteiger partial charge in [0.1, 0.15) is 11.5 Å². The second kappa shape index (κ2) is 7.37. The third-order valence-electron chi connectivity index (χ3n) is 3.68. The molecule has 0 bridgehead atoms. The lowest BCUT2D eigenvalue weighted by molar-refractivity contribution is -0.158. The van der Waals surface area contributed by atoms with Gasteiger partial charge in [-0.3, -0.25) is 0 Å². The number of aliphatic hydroxyl groups excluding tert-OH is 1. The molecular weight excluding hydrogens is 366 g/mol. The maximum atomic E-state index is 13.7. The maximum Gasteiger partial charge on any atom is 0.396 e. The highest BCUT2D eigenvalue weighted by molar-refractivity contribution is 6.31. The highest BCUT2D eigenvalue weighted by atomic mass is 35.5. The Hall–Kier alpha value is -2.19. The minimum absolute atomic E-state index is 0.0958. The predicted octanol–water partition coefficient (Wildman–Crippen LogP) is 3.99. The molecule has 2 rings (SSSR count). The molecule has 1 aromatic carbocycles. The van der Waals surface area contributed by atoms with Gasteiger partial charge in [0, 0.05) is 17.1 Å². The number of hydrogen-bond donors (Lipinski definition) is 2. The van der Waals surface area contributed by atoms with Crippen LogP contribution in [0.1, 0.15) is 33.5 Å². The van der Waals surface area contributed by atoms with E-state index in [1.807, 2.05) is 0 Å². The van der Waals surface area contributed by atoms with Crippen molar-refractivity contribution < 1.29 is 32.6 Å². The predicted molar refractivity (Wildman–Crippen MR) is 81.2 cm³/mol. The van der Waals surface area contributed by atoms with E-state index >= 15 is 0 Å². The quantitative estimate of drug-likeness (QED) is 0.773. The Morgan fingerprint density at radius 1 is 1.24 bits per heavy atom. The molecule has 0 aliphatic carbocycles. The summed E-state index contributed by atoms with van der Waals surface area (Å²) in [7, 11) is 0. The third kappa shape index (κ3) is 4.26. The van der Waals surface area contributed by atoms with Gasteiger partial charge >= 0.3 is 12.1 Å². The normalized spacial score (nSPS) is 14.2. The van der Waals surface area contributed by atoms with E-state index in [1.54, 1.807) is 0 Å². The van der Waals surface area contributed by atoms with E-state index in [-0.39, 0.29) is 16.1 Å².